The second-order valence-electron chi connectivity index (χ2n) is 6.09. The number of nitrogens with two attached hydrogens (primary N) is 1. The molecule has 0 saturated heterocycles. The van der Waals surface area contributed by atoms with Crippen LogP contribution in [0.4, 0.5) is 0 Å². The predicted molar refractivity (Wildman–Crippen MR) is 102 cm³/mol. The number of benzene rings is 1. The summed E-state index contributed by atoms with van der Waals surface area (Å²) in [4.78, 5) is 18.6. The van der Waals surface area contributed by atoms with Crippen molar-refractivity contribution in [1.82, 2.24) is 9.88 Å². The third-order valence-electron chi connectivity index (χ3n) is 3.89. The molecule has 0 aliphatic carbocycles. The standard InChI is InChI=1S/C17H21Cl2N3OS/c1-10(2)14(20)6-7-22(3)17(23)15-9-24-16(21-15)12-5-4-11(18)8-13(12)19/h4-5,8-10,14H,6-7,20H2,1-3H3. The van der Waals surface area contributed by atoms with Gasteiger partial charge < -0.3 is 10.6 Å². The summed E-state index contributed by atoms with van der Waals surface area (Å²) in [6.07, 6.45) is 0.764. The first kappa shape index (κ1) is 19.2. The number of hydrogen-bond donors (Lipinski definition) is 1. The summed E-state index contributed by atoms with van der Waals surface area (Å²) in [5, 5.41) is 3.54. The van der Waals surface area contributed by atoms with E-state index in [0.717, 1.165) is 12.0 Å². The smallest absolute Gasteiger partial charge is 0.273 e. The van der Waals surface area contributed by atoms with Crippen LogP contribution in [0.2, 0.25) is 10.0 Å². The molecule has 0 spiro atoms. The highest BCUT2D eigenvalue weighted by Crippen LogP contribution is 2.32. The topological polar surface area (TPSA) is 59.2 Å². The number of amides is 1. The maximum absolute atomic E-state index is 12.5. The number of nitrogens with zero attached hydrogens (tertiary/aromatic N) is 2. The molecule has 1 aromatic heterocycles. The number of carbonyl (C=O) groups is 1. The molecule has 2 N–H and O–H groups in total. The van der Waals surface area contributed by atoms with E-state index in [1.807, 2.05) is 6.07 Å². The average Bonchev–Trinajstić information content (AvgIpc) is 3.00. The van der Waals surface area contributed by atoms with Gasteiger partial charge in [0.15, 0.2) is 0 Å². The monoisotopic (exact) mass is 385 g/mol. The Morgan fingerprint density at radius 1 is 1.38 bits per heavy atom. The van der Waals surface area contributed by atoms with Crippen LogP contribution >= 0.6 is 34.5 Å². The molecule has 1 aromatic carbocycles. The Morgan fingerprint density at radius 3 is 2.71 bits per heavy atom. The van der Waals surface area contributed by atoms with Crippen LogP contribution in [0.5, 0.6) is 0 Å². The molecule has 0 aliphatic heterocycles. The van der Waals surface area contributed by atoms with Gasteiger partial charge >= 0.3 is 0 Å². The van der Waals surface area contributed by atoms with Gasteiger partial charge in [-0.3, -0.25) is 4.79 Å². The van der Waals surface area contributed by atoms with Crippen LogP contribution in [0.3, 0.4) is 0 Å². The Morgan fingerprint density at radius 2 is 2.08 bits per heavy atom. The summed E-state index contributed by atoms with van der Waals surface area (Å²) >= 11 is 13.5. The number of rotatable bonds is 6. The van der Waals surface area contributed by atoms with E-state index in [1.54, 1.807) is 29.5 Å². The third kappa shape index (κ3) is 4.70. The van der Waals surface area contributed by atoms with E-state index in [4.69, 9.17) is 28.9 Å². The molecular weight excluding hydrogens is 365 g/mol. The lowest BCUT2D eigenvalue weighted by Gasteiger charge is -2.20. The second kappa shape index (κ2) is 8.30. The molecule has 1 atom stereocenters. The van der Waals surface area contributed by atoms with Crippen molar-refractivity contribution in [2.45, 2.75) is 26.3 Å². The summed E-state index contributed by atoms with van der Waals surface area (Å²) in [5.74, 6) is 0.282. The Labute approximate surface area is 156 Å². The second-order valence-corrected chi connectivity index (χ2v) is 7.79. The van der Waals surface area contributed by atoms with Crippen molar-refractivity contribution in [3.63, 3.8) is 0 Å². The van der Waals surface area contributed by atoms with Crippen molar-refractivity contribution in [1.29, 1.82) is 0 Å². The zero-order chi connectivity index (χ0) is 17.9. The molecule has 24 heavy (non-hydrogen) atoms. The molecule has 7 heteroatoms. The quantitative estimate of drug-likeness (QED) is 0.792. The van der Waals surface area contributed by atoms with E-state index in [-0.39, 0.29) is 11.9 Å². The Bertz CT molecular complexity index is 718. The van der Waals surface area contributed by atoms with Crippen molar-refractivity contribution in [2.24, 2.45) is 11.7 Å². The summed E-state index contributed by atoms with van der Waals surface area (Å²) in [6.45, 7) is 4.76. The molecule has 0 radical (unpaired) electrons. The van der Waals surface area contributed by atoms with Crippen molar-refractivity contribution >= 4 is 40.4 Å². The highest BCUT2D eigenvalue weighted by molar-refractivity contribution is 7.13. The summed E-state index contributed by atoms with van der Waals surface area (Å²) in [6, 6.07) is 5.31. The molecule has 0 fully saturated rings. The molecule has 0 aliphatic rings. The minimum atomic E-state index is -0.112. The van der Waals surface area contributed by atoms with Gasteiger partial charge in [0, 0.05) is 35.6 Å². The van der Waals surface area contributed by atoms with Gasteiger partial charge in [-0.05, 0) is 30.5 Å². The average molecular weight is 386 g/mol. The minimum absolute atomic E-state index is 0.0825. The summed E-state index contributed by atoms with van der Waals surface area (Å²) in [5.41, 5.74) is 7.23. The van der Waals surface area contributed by atoms with Crippen molar-refractivity contribution < 1.29 is 4.79 Å². The van der Waals surface area contributed by atoms with Crippen molar-refractivity contribution in [3.05, 3.63) is 39.3 Å². The van der Waals surface area contributed by atoms with E-state index in [0.29, 0.717) is 33.2 Å². The normalized spacial score (nSPS) is 12.5. The largest absolute Gasteiger partial charge is 0.340 e. The molecule has 1 unspecified atom stereocenters. The number of carbonyl (C=O) groups excluding carboxylic acids is 1. The Kier molecular flexibility index (Phi) is 6.63. The van der Waals surface area contributed by atoms with Gasteiger partial charge in [0.05, 0.1) is 5.02 Å². The summed E-state index contributed by atoms with van der Waals surface area (Å²) in [7, 11) is 1.77. The van der Waals surface area contributed by atoms with E-state index in [9.17, 15) is 4.79 Å². The SMILES string of the molecule is CC(C)C(N)CCN(C)C(=O)c1csc(-c2ccc(Cl)cc2Cl)n1. The van der Waals surface area contributed by atoms with E-state index in [1.165, 1.54) is 11.3 Å². The molecule has 4 nitrogen and oxygen atoms in total. The lowest BCUT2D eigenvalue weighted by molar-refractivity contribution is 0.0784. The first-order valence-corrected chi connectivity index (χ1v) is 9.35. The van der Waals surface area contributed by atoms with Gasteiger partial charge in [0.25, 0.3) is 5.91 Å². The van der Waals surface area contributed by atoms with Crippen LogP contribution in [0.1, 0.15) is 30.8 Å². The zero-order valence-electron chi connectivity index (χ0n) is 13.9. The van der Waals surface area contributed by atoms with Gasteiger partial charge in [0.1, 0.15) is 10.7 Å². The van der Waals surface area contributed by atoms with Crippen LogP contribution in [-0.4, -0.2) is 35.4 Å². The first-order chi connectivity index (χ1) is 11.3. The van der Waals surface area contributed by atoms with Crippen LogP contribution in [0.15, 0.2) is 23.6 Å². The number of halogens is 2. The number of aromatic nitrogens is 1. The molecule has 0 saturated carbocycles. The molecule has 2 aromatic rings. The molecule has 1 amide bonds. The predicted octanol–water partition coefficient (Wildman–Crippen LogP) is 4.56. The lowest BCUT2D eigenvalue weighted by atomic mass is 10.0. The Balaban J connectivity index is 2.08. The maximum Gasteiger partial charge on any atom is 0.273 e. The highest BCUT2D eigenvalue weighted by Gasteiger charge is 2.18. The first-order valence-electron chi connectivity index (χ1n) is 7.71. The summed E-state index contributed by atoms with van der Waals surface area (Å²) < 4.78 is 0. The molecule has 1 heterocycles. The molecular formula is C17H21Cl2N3OS. The van der Waals surface area contributed by atoms with Crippen LogP contribution in [-0.2, 0) is 0 Å². The third-order valence-corrected chi connectivity index (χ3v) is 5.31. The minimum Gasteiger partial charge on any atom is -0.340 e. The zero-order valence-corrected chi connectivity index (χ0v) is 16.3. The van der Waals surface area contributed by atoms with E-state index < -0.39 is 0 Å². The van der Waals surface area contributed by atoms with Gasteiger partial charge in [-0.1, -0.05) is 37.0 Å². The van der Waals surface area contributed by atoms with Crippen LogP contribution < -0.4 is 5.73 Å². The van der Waals surface area contributed by atoms with Crippen LogP contribution in [0, 0.1) is 5.92 Å². The highest BCUT2D eigenvalue weighted by atomic mass is 35.5. The fourth-order valence-electron chi connectivity index (χ4n) is 2.13. The number of hydrogen-bond acceptors (Lipinski definition) is 4. The van der Waals surface area contributed by atoms with E-state index >= 15 is 0 Å². The van der Waals surface area contributed by atoms with Gasteiger partial charge in [-0.15, -0.1) is 11.3 Å². The van der Waals surface area contributed by atoms with Gasteiger partial charge in [-0.25, -0.2) is 4.98 Å². The molecule has 2 rings (SSSR count). The van der Waals surface area contributed by atoms with Crippen molar-refractivity contribution in [2.75, 3.05) is 13.6 Å². The van der Waals surface area contributed by atoms with Gasteiger partial charge in [0.2, 0.25) is 0 Å². The fourth-order valence-corrected chi connectivity index (χ4v) is 3.52. The maximum atomic E-state index is 12.5. The Hall–Kier alpha value is -1.14. The van der Waals surface area contributed by atoms with Crippen molar-refractivity contribution in [3.8, 4) is 10.6 Å². The number of thiazole rings is 1. The van der Waals surface area contributed by atoms with Crippen LogP contribution in [0.25, 0.3) is 10.6 Å². The lowest BCUT2D eigenvalue weighted by Crippen LogP contribution is -2.34. The van der Waals surface area contributed by atoms with Gasteiger partial charge in [-0.2, -0.15) is 0 Å². The molecule has 0 bridgehead atoms. The fraction of sp³-hybridized carbons (Fsp3) is 0.412. The van der Waals surface area contributed by atoms with E-state index in [2.05, 4.69) is 18.8 Å². The molecule has 130 valence electrons.